The van der Waals surface area contributed by atoms with Crippen molar-refractivity contribution in [1.82, 2.24) is 9.97 Å². The summed E-state index contributed by atoms with van der Waals surface area (Å²) in [6.07, 6.45) is 3.88. The minimum atomic E-state index is 0.543. The summed E-state index contributed by atoms with van der Waals surface area (Å²) in [5.41, 5.74) is 2.08. The maximum atomic E-state index is 4.46. The molecule has 1 aliphatic carbocycles. The fourth-order valence-corrected chi connectivity index (χ4v) is 3.66. The van der Waals surface area contributed by atoms with Crippen molar-refractivity contribution in [3.63, 3.8) is 0 Å². The smallest absolute Gasteiger partial charge is 0.223 e. The van der Waals surface area contributed by atoms with E-state index in [0.29, 0.717) is 6.04 Å². The van der Waals surface area contributed by atoms with Crippen LogP contribution in [0.1, 0.15) is 37.6 Å². The summed E-state index contributed by atoms with van der Waals surface area (Å²) < 4.78 is 0. The molecule has 1 aromatic heterocycles. The zero-order chi connectivity index (χ0) is 12.3. The van der Waals surface area contributed by atoms with Gasteiger partial charge >= 0.3 is 0 Å². The monoisotopic (exact) mass is 251 g/mol. The van der Waals surface area contributed by atoms with Crippen molar-refractivity contribution in [3.05, 3.63) is 17.5 Å². The molecule has 0 spiro atoms. The fourth-order valence-electron chi connectivity index (χ4n) is 2.46. The molecule has 3 nitrogen and oxygen atoms in total. The largest absolute Gasteiger partial charge is 0.350 e. The number of aromatic nitrogens is 2. The van der Waals surface area contributed by atoms with E-state index in [4.69, 9.17) is 0 Å². The van der Waals surface area contributed by atoms with Crippen LogP contribution in [0.3, 0.4) is 0 Å². The molecule has 1 aromatic rings. The number of hydrogen-bond acceptors (Lipinski definition) is 4. The standard InChI is InChI=1S/C13H21N3S/c1-4-17-12-7-5-6-11(12)16-13-14-9(2)8-10(3)15-13/h8,11-12H,4-7H2,1-3H3,(H,14,15,16). The van der Waals surface area contributed by atoms with Crippen molar-refractivity contribution in [1.29, 1.82) is 0 Å². The summed E-state index contributed by atoms with van der Waals surface area (Å²) in [4.78, 5) is 8.92. The number of thioether (sulfide) groups is 1. The van der Waals surface area contributed by atoms with Crippen LogP contribution in [0.5, 0.6) is 0 Å². The third kappa shape index (κ3) is 3.35. The van der Waals surface area contributed by atoms with Crippen LogP contribution in [-0.4, -0.2) is 27.0 Å². The Hall–Kier alpha value is -0.770. The minimum Gasteiger partial charge on any atom is -0.350 e. The molecule has 1 N–H and O–H groups in total. The molecule has 1 fully saturated rings. The first kappa shape index (κ1) is 12.7. The molecule has 0 saturated heterocycles. The van der Waals surface area contributed by atoms with Crippen LogP contribution >= 0.6 is 11.8 Å². The predicted octanol–water partition coefficient (Wildman–Crippen LogP) is 3.18. The Morgan fingerprint density at radius 2 is 2.00 bits per heavy atom. The number of rotatable bonds is 4. The SMILES string of the molecule is CCSC1CCCC1Nc1nc(C)cc(C)n1. The van der Waals surface area contributed by atoms with Gasteiger partial charge in [-0.1, -0.05) is 13.3 Å². The van der Waals surface area contributed by atoms with Gasteiger partial charge in [0.1, 0.15) is 0 Å². The van der Waals surface area contributed by atoms with E-state index in [9.17, 15) is 0 Å². The number of aryl methyl sites for hydroxylation is 2. The van der Waals surface area contributed by atoms with Gasteiger partial charge in [-0.2, -0.15) is 11.8 Å². The molecule has 1 heterocycles. The lowest BCUT2D eigenvalue weighted by molar-refractivity contribution is 0.753. The first-order chi connectivity index (χ1) is 8.19. The molecule has 0 aromatic carbocycles. The molecular formula is C13H21N3S. The normalized spacial score (nSPS) is 23.9. The molecule has 2 rings (SSSR count). The number of nitrogens with one attached hydrogen (secondary N) is 1. The van der Waals surface area contributed by atoms with Gasteiger partial charge in [-0.3, -0.25) is 0 Å². The third-order valence-electron chi connectivity index (χ3n) is 3.13. The van der Waals surface area contributed by atoms with Crippen molar-refractivity contribution in [3.8, 4) is 0 Å². The Kier molecular flexibility index (Phi) is 4.26. The summed E-state index contributed by atoms with van der Waals surface area (Å²) in [5, 5.41) is 4.24. The summed E-state index contributed by atoms with van der Waals surface area (Å²) in [7, 11) is 0. The second-order valence-electron chi connectivity index (χ2n) is 4.65. The topological polar surface area (TPSA) is 37.8 Å². The van der Waals surface area contributed by atoms with E-state index < -0.39 is 0 Å². The zero-order valence-electron chi connectivity index (χ0n) is 10.9. The quantitative estimate of drug-likeness (QED) is 0.892. The highest BCUT2D eigenvalue weighted by Crippen LogP contribution is 2.31. The average Bonchev–Trinajstić information content (AvgIpc) is 2.65. The van der Waals surface area contributed by atoms with Crippen LogP contribution in [0.25, 0.3) is 0 Å². The first-order valence-corrected chi connectivity index (χ1v) is 7.44. The molecule has 1 saturated carbocycles. The van der Waals surface area contributed by atoms with Gasteiger partial charge < -0.3 is 5.32 Å². The van der Waals surface area contributed by atoms with Crippen LogP contribution in [-0.2, 0) is 0 Å². The van der Waals surface area contributed by atoms with Gasteiger partial charge in [-0.25, -0.2) is 9.97 Å². The van der Waals surface area contributed by atoms with Crippen molar-refractivity contribution in [2.45, 2.75) is 51.3 Å². The van der Waals surface area contributed by atoms with E-state index in [1.165, 1.54) is 25.0 Å². The van der Waals surface area contributed by atoms with Crippen LogP contribution in [0, 0.1) is 13.8 Å². The third-order valence-corrected chi connectivity index (χ3v) is 4.46. The Bertz CT molecular complexity index is 361. The minimum absolute atomic E-state index is 0.543. The predicted molar refractivity (Wildman–Crippen MR) is 74.7 cm³/mol. The molecule has 17 heavy (non-hydrogen) atoms. The van der Waals surface area contributed by atoms with E-state index in [-0.39, 0.29) is 0 Å². The first-order valence-electron chi connectivity index (χ1n) is 6.39. The Labute approximate surface area is 108 Å². The van der Waals surface area contributed by atoms with E-state index >= 15 is 0 Å². The summed E-state index contributed by atoms with van der Waals surface area (Å²) in [5.74, 6) is 1.99. The van der Waals surface area contributed by atoms with Gasteiger partial charge in [0.05, 0.1) is 0 Å². The van der Waals surface area contributed by atoms with Gasteiger partial charge in [-0.05, 0) is 38.5 Å². The molecule has 0 radical (unpaired) electrons. The lowest BCUT2D eigenvalue weighted by Crippen LogP contribution is -2.27. The maximum absolute atomic E-state index is 4.46. The van der Waals surface area contributed by atoms with E-state index in [2.05, 4.69) is 34.0 Å². The Morgan fingerprint density at radius 1 is 1.29 bits per heavy atom. The molecule has 2 atom stereocenters. The van der Waals surface area contributed by atoms with E-state index in [1.807, 2.05) is 19.9 Å². The van der Waals surface area contributed by atoms with Crippen molar-refractivity contribution in [2.24, 2.45) is 0 Å². The van der Waals surface area contributed by atoms with Crippen LogP contribution in [0.4, 0.5) is 5.95 Å². The van der Waals surface area contributed by atoms with Gasteiger partial charge in [0.2, 0.25) is 5.95 Å². The highest BCUT2D eigenvalue weighted by Gasteiger charge is 2.27. The van der Waals surface area contributed by atoms with Gasteiger partial charge in [0, 0.05) is 22.7 Å². The van der Waals surface area contributed by atoms with Gasteiger partial charge in [0.15, 0.2) is 0 Å². The van der Waals surface area contributed by atoms with Crippen molar-refractivity contribution < 1.29 is 0 Å². The second kappa shape index (κ2) is 5.71. The number of nitrogens with zero attached hydrogens (tertiary/aromatic N) is 2. The average molecular weight is 251 g/mol. The highest BCUT2D eigenvalue weighted by molar-refractivity contribution is 7.99. The molecule has 0 aliphatic heterocycles. The van der Waals surface area contributed by atoms with Gasteiger partial charge in [0.25, 0.3) is 0 Å². The fraction of sp³-hybridized carbons (Fsp3) is 0.692. The molecular weight excluding hydrogens is 230 g/mol. The van der Waals surface area contributed by atoms with Crippen molar-refractivity contribution in [2.75, 3.05) is 11.1 Å². The van der Waals surface area contributed by atoms with Gasteiger partial charge in [-0.15, -0.1) is 0 Å². The molecule has 4 heteroatoms. The summed E-state index contributed by atoms with van der Waals surface area (Å²) in [6.45, 7) is 6.27. The van der Waals surface area contributed by atoms with Crippen molar-refractivity contribution >= 4 is 17.7 Å². The second-order valence-corrected chi connectivity index (χ2v) is 6.17. The number of hydrogen-bond donors (Lipinski definition) is 1. The van der Waals surface area contributed by atoms with Crippen LogP contribution in [0.15, 0.2) is 6.07 Å². The molecule has 0 bridgehead atoms. The van der Waals surface area contributed by atoms with E-state index in [1.54, 1.807) is 0 Å². The Morgan fingerprint density at radius 3 is 2.65 bits per heavy atom. The Balaban J connectivity index is 2.04. The summed E-state index contributed by atoms with van der Waals surface area (Å²) in [6, 6.07) is 2.55. The summed E-state index contributed by atoms with van der Waals surface area (Å²) >= 11 is 2.06. The zero-order valence-corrected chi connectivity index (χ0v) is 11.7. The highest BCUT2D eigenvalue weighted by atomic mass is 32.2. The maximum Gasteiger partial charge on any atom is 0.223 e. The molecule has 0 amide bonds. The van der Waals surface area contributed by atoms with E-state index in [0.717, 1.165) is 22.6 Å². The lowest BCUT2D eigenvalue weighted by Gasteiger charge is -2.20. The van der Waals surface area contributed by atoms with Crippen LogP contribution < -0.4 is 5.32 Å². The lowest BCUT2D eigenvalue weighted by atomic mass is 10.2. The molecule has 2 unspecified atom stereocenters. The van der Waals surface area contributed by atoms with Crippen LogP contribution in [0.2, 0.25) is 0 Å². The number of anilines is 1. The molecule has 94 valence electrons. The molecule has 1 aliphatic rings.